The van der Waals surface area contributed by atoms with Crippen LogP contribution >= 0.6 is 27.5 Å². The van der Waals surface area contributed by atoms with Gasteiger partial charge in [-0.3, -0.25) is 4.79 Å². The van der Waals surface area contributed by atoms with Gasteiger partial charge in [0.25, 0.3) is 0 Å². The van der Waals surface area contributed by atoms with Crippen molar-refractivity contribution in [3.05, 3.63) is 34.1 Å². The van der Waals surface area contributed by atoms with E-state index in [2.05, 4.69) is 15.9 Å². The van der Waals surface area contributed by atoms with Crippen LogP contribution in [-0.2, 0) is 9.53 Å². The molecule has 0 radical (unpaired) electrons. The Hall–Kier alpha value is -0.610. The van der Waals surface area contributed by atoms with E-state index in [0.29, 0.717) is 23.1 Å². The zero-order valence-electron chi connectivity index (χ0n) is 9.38. The number of hydrogen-bond acceptors (Lipinski definition) is 2. The maximum atomic E-state index is 13.3. The lowest BCUT2D eigenvalue weighted by molar-refractivity contribution is -0.143. The Bertz CT molecular complexity index is 398. The van der Waals surface area contributed by atoms with E-state index in [0.717, 1.165) is 0 Å². The minimum atomic E-state index is -0.387. The Kier molecular flexibility index (Phi) is 5.92. The molecule has 0 aromatic heterocycles. The van der Waals surface area contributed by atoms with Crippen molar-refractivity contribution < 1.29 is 13.9 Å². The predicted molar refractivity (Wildman–Crippen MR) is 68.6 cm³/mol. The van der Waals surface area contributed by atoms with Crippen LogP contribution < -0.4 is 0 Å². The number of rotatable bonds is 5. The summed E-state index contributed by atoms with van der Waals surface area (Å²) in [6.45, 7) is 2.11. The minimum absolute atomic E-state index is 0.236. The molecular formula is C12H13BrClFO2. The van der Waals surface area contributed by atoms with Crippen LogP contribution in [0.4, 0.5) is 4.39 Å². The molecule has 0 amide bonds. The number of carbonyl (C=O) groups is 1. The molecule has 5 heteroatoms. The summed E-state index contributed by atoms with van der Waals surface area (Å²) in [4.78, 5) is 11.1. The van der Waals surface area contributed by atoms with Crippen LogP contribution in [0.1, 0.15) is 30.7 Å². The fraction of sp³-hybridized carbons (Fsp3) is 0.417. The van der Waals surface area contributed by atoms with Crippen LogP contribution in [0.15, 0.2) is 22.7 Å². The van der Waals surface area contributed by atoms with Crippen molar-refractivity contribution in [3.63, 3.8) is 0 Å². The zero-order valence-corrected chi connectivity index (χ0v) is 11.7. The Morgan fingerprint density at radius 2 is 2.29 bits per heavy atom. The third kappa shape index (κ3) is 4.64. The first-order chi connectivity index (χ1) is 8.04. The first-order valence-electron chi connectivity index (χ1n) is 5.29. The molecule has 1 rings (SSSR count). The van der Waals surface area contributed by atoms with Gasteiger partial charge in [0.2, 0.25) is 0 Å². The van der Waals surface area contributed by atoms with Gasteiger partial charge in [-0.15, -0.1) is 11.6 Å². The quantitative estimate of drug-likeness (QED) is 0.599. The molecule has 0 aliphatic rings. The molecule has 2 nitrogen and oxygen atoms in total. The van der Waals surface area contributed by atoms with Gasteiger partial charge in [-0.1, -0.05) is 6.07 Å². The van der Waals surface area contributed by atoms with Crippen LogP contribution in [0, 0.1) is 5.82 Å². The van der Waals surface area contributed by atoms with E-state index in [4.69, 9.17) is 16.3 Å². The summed E-state index contributed by atoms with van der Waals surface area (Å²) in [5.41, 5.74) is 0.664. The summed E-state index contributed by atoms with van der Waals surface area (Å²) in [6.07, 6.45) is 0.668. The molecule has 1 unspecified atom stereocenters. The van der Waals surface area contributed by atoms with Gasteiger partial charge in [-0.05, 0) is 47.0 Å². The molecule has 0 saturated carbocycles. The molecular weight excluding hydrogens is 310 g/mol. The van der Waals surface area contributed by atoms with E-state index in [9.17, 15) is 9.18 Å². The van der Waals surface area contributed by atoms with E-state index in [1.807, 2.05) is 0 Å². The van der Waals surface area contributed by atoms with Gasteiger partial charge in [-0.25, -0.2) is 4.39 Å². The van der Waals surface area contributed by atoms with E-state index in [-0.39, 0.29) is 23.6 Å². The van der Waals surface area contributed by atoms with Crippen molar-refractivity contribution in [1.29, 1.82) is 0 Å². The summed E-state index contributed by atoms with van der Waals surface area (Å²) in [5, 5.41) is -0.387. The number of benzene rings is 1. The fourth-order valence-corrected chi connectivity index (χ4v) is 1.84. The van der Waals surface area contributed by atoms with Crippen LogP contribution in [-0.4, -0.2) is 12.6 Å². The average Bonchev–Trinajstić information content (AvgIpc) is 2.30. The normalized spacial score (nSPS) is 12.2. The van der Waals surface area contributed by atoms with Crippen molar-refractivity contribution in [1.82, 2.24) is 0 Å². The molecule has 0 bridgehead atoms. The SMILES string of the molecule is CCOC(=O)CCC(Cl)c1ccc(Br)c(F)c1. The number of carbonyl (C=O) groups excluding carboxylic acids is 1. The summed E-state index contributed by atoms with van der Waals surface area (Å²) in [7, 11) is 0. The molecule has 0 aliphatic heterocycles. The van der Waals surface area contributed by atoms with Gasteiger partial charge >= 0.3 is 5.97 Å². The Morgan fingerprint density at radius 3 is 2.88 bits per heavy atom. The number of hydrogen-bond donors (Lipinski definition) is 0. The third-order valence-electron chi connectivity index (χ3n) is 2.21. The standard InChI is InChI=1S/C12H13BrClFO2/c1-2-17-12(16)6-5-10(14)8-3-4-9(13)11(15)7-8/h3-4,7,10H,2,5-6H2,1H3. The van der Waals surface area contributed by atoms with Crippen molar-refractivity contribution in [2.75, 3.05) is 6.61 Å². The Morgan fingerprint density at radius 1 is 1.59 bits per heavy atom. The topological polar surface area (TPSA) is 26.3 Å². The fourth-order valence-electron chi connectivity index (χ4n) is 1.35. The van der Waals surface area contributed by atoms with Crippen LogP contribution in [0.25, 0.3) is 0 Å². The molecule has 94 valence electrons. The molecule has 0 aliphatic carbocycles. The summed E-state index contributed by atoms with van der Waals surface area (Å²) < 4.78 is 18.5. The van der Waals surface area contributed by atoms with Crippen molar-refractivity contribution >= 4 is 33.5 Å². The first-order valence-corrected chi connectivity index (χ1v) is 6.52. The molecule has 0 heterocycles. The second-order valence-corrected chi connectivity index (χ2v) is 4.87. The van der Waals surface area contributed by atoms with E-state index >= 15 is 0 Å². The van der Waals surface area contributed by atoms with Gasteiger partial charge < -0.3 is 4.74 Å². The number of ether oxygens (including phenoxy) is 1. The zero-order chi connectivity index (χ0) is 12.8. The maximum absolute atomic E-state index is 13.3. The van der Waals surface area contributed by atoms with Gasteiger partial charge in [0.05, 0.1) is 16.5 Å². The molecule has 1 aromatic carbocycles. The summed E-state index contributed by atoms with van der Waals surface area (Å²) >= 11 is 9.15. The van der Waals surface area contributed by atoms with E-state index in [1.54, 1.807) is 19.1 Å². The molecule has 1 atom stereocenters. The molecule has 0 fully saturated rings. The van der Waals surface area contributed by atoms with E-state index < -0.39 is 0 Å². The monoisotopic (exact) mass is 322 g/mol. The second kappa shape index (κ2) is 6.97. The lowest BCUT2D eigenvalue weighted by atomic mass is 10.1. The average molecular weight is 324 g/mol. The van der Waals surface area contributed by atoms with Crippen LogP contribution in [0.5, 0.6) is 0 Å². The number of esters is 1. The molecule has 1 aromatic rings. The highest BCUT2D eigenvalue weighted by Crippen LogP contribution is 2.28. The van der Waals surface area contributed by atoms with Crippen molar-refractivity contribution in [2.24, 2.45) is 0 Å². The van der Waals surface area contributed by atoms with Gasteiger partial charge in [0.1, 0.15) is 5.82 Å². The molecule has 17 heavy (non-hydrogen) atoms. The number of halogens is 3. The van der Waals surface area contributed by atoms with Gasteiger partial charge in [0.15, 0.2) is 0 Å². The largest absolute Gasteiger partial charge is 0.466 e. The van der Waals surface area contributed by atoms with Crippen LogP contribution in [0.3, 0.4) is 0 Å². The summed E-state index contributed by atoms with van der Waals surface area (Å²) in [5.74, 6) is -0.639. The highest BCUT2D eigenvalue weighted by Gasteiger charge is 2.12. The summed E-state index contributed by atoms with van der Waals surface area (Å²) in [6, 6.07) is 4.70. The minimum Gasteiger partial charge on any atom is -0.466 e. The van der Waals surface area contributed by atoms with E-state index in [1.165, 1.54) is 6.07 Å². The molecule has 0 saturated heterocycles. The molecule has 0 spiro atoms. The third-order valence-corrected chi connectivity index (χ3v) is 3.33. The van der Waals surface area contributed by atoms with Crippen molar-refractivity contribution in [2.45, 2.75) is 25.1 Å². The highest BCUT2D eigenvalue weighted by atomic mass is 79.9. The lowest BCUT2D eigenvalue weighted by Crippen LogP contribution is -2.05. The predicted octanol–water partition coefficient (Wildman–Crippen LogP) is 4.21. The van der Waals surface area contributed by atoms with Crippen LogP contribution in [0.2, 0.25) is 0 Å². The maximum Gasteiger partial charge on any atom is 0.305 e. The van der Waals surface area contributed by atoms with Gasteiger partial charge in [0, 0.05) is 6.42 Å². The molecule has 0 N–H and O–H groups in total. The van der Waals surface area contributed by atoms with Gasteiger partial charge in [-0.2, -0.15) is 0 Å². The Labute approximate surface area is 113 Å². The van der Waals surface area contributed by atoms with Crippen molar-refractivity contribution in [3.8, 4) is 0 Å². The second-order valence-electron chi connectivity index (χ2n) is 3.48. The lowest BCUT2D eigenvalue weighted by Gasteiger charge is -2.10. The smallest absolute Gasteiger partial charge is 0.305 e. The number of alkyl halides is 1. The highest BCUT2D eigenvalue weighted by molar-refractivity contribution is 9.10. The Balaban J connectivity index is 2.54. The first kappa shape index (κ1) is 14.5.